The smallest absolute Gasteiger partial charge is 0.282 e. The van der Waals surface area contributed by atoms with E-state index < -0.39 is 0 Å². The van der Waals surface area contributed by atoms with Crippen molar-refractivity contribution in [2.45, 2.75) is 35.9 Å². The molecule has 0 radical (unpaired) electrons. The second kappa shape index (κ2) is 4.27. The molecule has 17 heavy (non-hydrogen) atoms. The maximum atomic E-state index is 5.96. The first kappa shape index (κ1) is 11.0. The summed E-state index contributed by atoms with van der Waals surface area (Å²) in [4.78, 5) is 8.66. The van der Waals surface area contributed by atoms with E-state index in [1.807, 2.05) is 0 Å². The molecule has 0 aromatic carbocycles. The molecule has 1 aliphatic rings. The quantitative estimate of drug-likeness (QED) is 0.798. The summed E-state index contributed by atoms with van der Waals surface area (Å²) in [6, 6.07) is 1.71. The Bertz CT molecular complexity index is 555. The molecule has 1 saturated carbocycles. The topological polar surface area (TPSA) is 64.7 Å². The van der Waals surface area contributed by atoms with Crippen molar-refractivity contribution in [3.63, 3.8) is 0 Å². The van der Waals surface area contributed by atoms with Crippen LogP contribution in [-0.4, -0.2) is 20.2 Å². The molecule has 2 heterocycles. The van der Waals surface area contributed by atoms with Gasteiger partial charge in [0.1, 0.15) is 16.0 Å². The number of halogens is 1. The molecule has 7 heteroatoms. The van der Waals surface area contributed by atoms with Crippen molar-refractivity contribution in [3.05, 3.63) is 22.9 Å². The predicted molar refractivity (Wildman–Crippen MR) is 62.2 cm³/mol. The number of rotatable bonds is 3. The zero-order valence-electron chi connectivity index (χ0n) is 9.05. The summed E-state index contributed by atoms with van der Waals surface area (Å²) in [6.45, 7) is 1.75. The van der Waals surface area contributed by atoms with Crippen molar-refractivity contribution in [3.8, 4) is 0 Å². The van der Waals surface area contributed by atoms with Gasteiger partial charge in [-0.05, 0) is 24.6 Å². The summed E-state index contributed by atoms with van der Waals surface area (Å²) in [6.07, 6.45) is 2.29. The van der Waals surface area contributed by atoms with Crippen molar-refractivity contribution in [1.82, 2.24) is 20.2 Å². The molecule has 2 aromatic heterocycles. The van der Waals surface area contributed by atoms with E-state index in [1.54, 1.807) is 13.0 Å². The Morgan fingerprint density at radius 3 is 2.82 bits per heavy atom. The molecule has 0 bridgehead atoms. The zero-order valence-corrected chi connectivity index (χ0v) is 10.6. The lowest BCUT2D eigenvalue weighted by Gasteiger charge is -2.01. The van der Waals surface area contributed by atoms with E-state index in [0.29, 0.717) is 22.2 Å². The summed E-state index contributed by atoms with van der Waals surface area (Å²) in [7, 11) is 0. The maximum Gasteiger partial charge on any atom is 0.282 e. The van der Waals surface area contributed by atoms with Gasteiger partial charge in [0.25, 0.3) is 5.22 Å². The standard InChI is InChI=1S/C10H9ClN4OS/c1-5-14-15-10(16-5)17-8-4-7(11)12-9(13-8)6-2-3-6/h4,6H,2-3H2,1H3. The fourth-order valence-electron chi connectivity index (χ4n) is 1.40. The van der Waals surface area contributed by atoms with Gasteiger partial charge < -0.3 is 4.42 Å². The van der Waals surface area contributed by atoms with Gasteiger partial charge in [0, 0.05) is 18.9 Å². The molecular formula is C10H9ClN4OS. The van der Waals surface area contributed by atoms with Crippen LogP contribution in [0.4, 0.5) is 0 Å². The Labute approximate surface area is 107 Å². The van der Waals surface area contributed by atoms with Crippen LogP contribution in [0.2, 0.25) is 5.15 Å². The lowest BCUT2D eigenvalue weighted by atomic mass is 10.4. The maximum absolute atomic E-state index is 5.96. The third-order valence-electron chi connectivity index (χ3n) is 2.33. The van der Waals surface area contributed by atoms with Gasteiger partial charge in [-0.1, -0.05) is 11.6 Å². The molecule has 0 N–H and O–H groups in total. The summed E-state index contributed by atoms with van der Waals surface area (Å²) < 4.78 is 5.28. The third kappa shape index (κ3) is 2.58. The molecule has 0 amide bonds. The van der Waals surface area contributed by atoms with Gasteiger partial charge in [-0.3, -0.25) is 0 Å². The monoisotopic (exact) mass is 268 g/mol. The Kier molecular flexibility index (Phi) is 2.76. The Hall–Kier alpha value is -1.14. The van der Waals surface area contributed by atoms with Crippen molar-refractivity contribution < 1.29 is 4.42 Å². The normalized spacial score (nSPS) is 15.2. The fourth-order valence-corrected chi connectivity index (χ4v) is 2.39. The first-order chi connectivity index (χ1) is 8.20. The van der Waals surface area contributed by atoms with E-state index in [1.165, 1.54) is 11.8 Å². The lowest BCUT2D eigenvalue weighted by Crippen LogP contribution is -1.94. The van der Waals surface area contributed by atoms with Crippen LogP contribution in [0.25, 0.3) is 0 Å². The van der Waals surface area contributed by atoms with Crippen molar-refractivity contribution in [2.75, 3.05) is 0 Å². The molecular weight excluding hydrogens is 260 g/mol. The van der Waals surface area contributed by atoms with Gasteiger partial charge in [0.2, 0.25) is 5.89 Å². The molecule has 0 unspecified atom stereocenters. The number of aromatic nitrogens is 4. The summed E-state index contributed by atoms with van der Waals surface area (Å²) in [5, 5.41) is 9.34. The van der Waals surface area contributed by atoms with E-state index in [4.69, 9.17) is 16.0 Å². The van der Waals surface area contributed by atoms with E-state index in [0.717, 1.165) is 23.7 Å². The first-order valence-corrected chi connectivity index (χ1v) is 6.42. The van der Waals surface area contributed by atoms with Crippen molar-refractivity contribution in [2.24, 2.45) is 0 Å². The molecule has 88 valence electrons. The molecule has 3 rings (SSSR count). The largest absolute Gasteiger partial charge is 0.416 e. The van der Waals surface area contributed by atoms with Crippen molar-refractivity contribution in [1.29, 1.82) is 0 Å². The van der Waals surface area contributed by atoms with Crippen LogP contribution in [0.1, 0.15) is 30.5 Å². The van der Waals surface area contributed by atoms with Gasteiger partial charge in [0.05, 0.1) is 0 Å². The number of nitrogens with zero attached hydrogens (tertiary/aromatic N) is 4. The van der Waals surface area contributed by atoms with Crippen molar-refractivity contribution >= 4 is 23.4 Å². The average molecular weight is 269 g/mol. The van der Waals surface area contributed by atoms with Crippen LogP contribution in [-0.2, 0) is 0 Å². The minimum absolute atomic E-state index is 0.459. The highest BCUT2D eigenvalue weighted by molar-refractivity contribution is 7.99. The molecule has 5 nitrogen and oxygen atoms in total. The molecule has 0 spiro atoms. The molecule has 0 saturated heterocycles. The van der Waals surface area contributed by atoms with Crippen LogP contribution in [0.15, 0.2) is 20.7 Å². The van der Waals surface area contributed by atoms with E-state index >= 15 is 0 Å². The Morgan fingerprint density at radius 1 is 1.35 bits per heavy atom. The average Bonchev–Trinajstić information content (AvgIpc) is 3.03. The number of hydrogen-bond donors (Lipinski definition) is 0. The third-order valence-corrected chi connectivity index (χ3v) is 3.28. The highest BCUT2D eigenvalue weighted by Gasteiger charge is 2.27. The molecule has 0 atom stereocenters. The Balaban J connectivity index is 1.86. The second-order valence-electron chi connectivity index (χ2n) is 3.85. The Morgan fingerprint density at radius 2 is 2.18 bits per heavy atom. The second-order valence-corrected chi connectivity index (χ2v) is 5.21. The lowest BCUT2D eigenvalue weighted by molar-refractivity contribution is 0.429. The van der Waals surface area contributed by atoms with E-state index in [2.05, 4.69) is 20.2 Å². The minimum Gasteiger partial charge on any atom is -0.416 e. The van der Waals surface area contributed by atoms with E-state index in [9.17, 15) is 0 Å². The van der Waals surface area contributed by atoms with Crippen LogP contribution in [0.3, 0.4) is 0 Å². The van der Waals surface area contributed by atoms with E-state index in [-0.39, 0.29) is 0 Å². The number of aryl methyl sites for hydroxylation is 1. The highest BCUT2D eigenvalue weighted by atomic mass is 35.5. The first-order valence-electron chi connectivity index (χ1n) is 5.23. The SMILES string of the molecule is Cc1nnc(Sc2cc(Cl)nc(C3CC3)n2)o1. The molecule has 1 fully saturated rings. The van der Waals surface area contributed by atoms with Gasteiger partial charge in [0.15, 0.2) is 0 Å². The number of hydrogen-bond acceptors (Lipinski definition) is 6. The van der Waals surface area contributed by atoms with Crippen LogP contribution in [0.5, 0.6) is 0 Å². The van der Waals surface area contributed by atoms with Crippen LogP contribution in [0, 0.1) is 6.92 Å². The molecule has 2 aromatic rings. The fraction of sp³-hybridized carbons (Fsp3) is 0.400. The summed E-state index contributed by atoms with van der Waals surface area (Å²) in [5.41, 5.74) is 0. The summed E-state index contributed by atoms with van der Waals surface area (Å²) in [5.74, 6) is 1.82. The highest BCUT2D eigenvalue weighted by Crippen LogP contribution is 2.39. The van der Waals surface area contributed by atoms with Crippen LogP contribution < -0.4 is 0 Å². The zero-order chi connectivity index (χ0) is 11.8. The molecule has 1 aliphatic carbocycles. The van der Waals surface area contributed by atoms with Crippen LogP contribution >= 0.6 is 23.4 Å². The predicted octanol–water partition coefficient (Wildman–Crippen LogP) is 2.85. The van der Waals surface area contributed by atoms with Gasteiger partial charge in [-0.25, -0.2) is 9.97 Å². The minimum atomic E-state index is 0.459. The molecule has 0 aliphatic heterocycles. The van der Waals surface area contributed by atoms with Gasteiger partial charge in [-0.15, -0.1) is 10.2 Å². The van der Waals surface area contributed by atoms with Gasteiger partial charge in [-0.2, -0.15) is 0 Å². The van der Waals surface area contributed by atoms with Gasteiger partial charge >= 0.3 is 0 Å². The summed E-state index contributed by atoms with van der Waals surface area (Å²) >= 11 is 7.27.